The molecule has 2 rings (SSSR count). The number of carboxylic acids is 1. The molecule has 0 aliphatic carbocycles. The zero-order valence-electron chi connectivity index (χ0n) is 12.5. The number of rotatable bonds is 8. The van der Waals surface area contributed by atoms with Gasteiger partial charge >= 0.3 is 5.97 Å². The van der Waals surface area contributed by atoms with Crippen molar-refractivity contribution in [2.75, 3.05) is 13.2 Å². The van der Waals surface area contributed by atoms with Gasteiger partial charge in [-0.3, -0.25) is 4.90 Å². The Hall–Kier alpha value is -2.17. The van der Waals surface area contributed by atoms with E-state index in [0.29, 0.717) is 5.56 Å². The van der Waals surface area contributed by atoms with Crippen molar-refractivity contribution in [1.82, 2.24) is 4.90 Å². The Morgan fingerprint density at radius 3 is 2.05 bits per heavy atom. The lowest BCUT2D eigenvalue weighted by molar-refractivity contribution is 0.0697. The molecule has 22 heavy (non-hydrogen) atoms. The van der Waals surface area contributed by atoms with Gasteiger partial charge in [-0.2, -0.15) is 0 Å². The van der Waals surface area contributed by atoms with Gasteiger partial charge in [0.15, 0.2) is 0 Å². The van der Waals surface area contributed by atoms with Crippen LogP contribution in [0.4, 0.5) is 0 Å². The summed E-state index contributed by atoms with van der Waals surface area (Å²) < 4.78 is 0. The molecule has 0 atom stereocenters. The lowest BCUT2D eigenvalue weighted by Gasteiger charge is -2.22. The molecule has 0 fully saturated rings. The maximum atomic E-state index is 10.9. The average molecular weight is 299 g/mol. The monoisotopic (exact) mass is 299 g/mol. The van der Waals surface area contributed by atoms with E-state index < -0.39 is 5.97 Å². The Bertz CT molecular complexity index is 581. The number of hydrogen-bond acceptors (Lipinski definition) is 3. The van der Waals surface area contributed by atoms with Crippen LogP contribution in [0, 0.1) is 0 Å². The molecule has 116 valence electrons. The first-order valence-electron chi connectivity index (χ1n) is 7.38. The van der Waals surface area contributed by atoms with Crippen LogP contribution in [-0.4, -0.2) is 34.2 Å². The van der Waals surface area contributed by atoms with Crippen LogP contribution in [0.2, 0.25) is 0 Å². The molecule has 0 unspecified atom stereocenters. The molecule has 4 heteroatoms. The molecule has 0 saturated carbocycles. The van der Waals surface area contributed by atoms with Crippen LogP contribution >= 0.6 is 0 Å². The summed E-state index contributed by atoms with van der Waals surface area (Å²) in [5.74, 6) is -0.909. The van der Waals surface area contributed by atoms with Crippen LogP contribution in [0.5, 0.6) is 0 Å². The van der Waals surface area contributed by atoms with Gasteiger partial charge in [-0.05, 0) is 29.7 Å². The van der Waals surface area contributed by atoms with Crippen molar-refractivity contribution >= 4 is 5.97 Å². The van der Waals surface area contributed by atoms with Gasteiger partial charge in [0.2, 0.25) is 0 Å². The first kappa shape index (κ1) is 16.2. The minimum Gasteiger partial charge on any atom is -0.478 e. The third-order valence-corrected chi connectivity index (χ3v) is 3.49. The molecule has 0 aliphatic heterocycles. The van der Waals surface area contributed by atoms with E-state index in [9.17, 15) is 4.79 Å². The van der Waals surface area contributed by atoms with E-state index in [1.807, 2.05) is 30.3 Å². The van der Waals surface area contributed by atoms with E-state index in [4.69, 9.17) is 10.2 Å². The first-order valence-corrected chi connectivity index (χ1v) is 7.38. The smallest absolute Gasteiger partial charge is 0.335 e. The fourth-order valence-corrected chi connectivity index (χ4v) is 2.36. The molecule has 4 nitrogen and oxygen atoms in total. The molecule has 0 saturated heterocycles. The third kappa shape index (κ3) is 4.98. The number of carboxylic acid groups (broad SMARTS) is 1. The van der Waals surface area contributed by atoms with E-state index in [1.165, 1.54) is 5.56 Å². The van der Waals surface area contributed by atoms with Crippen LogP contribution in [-0.2, 0) is 13.1 Å². The van der Waals surface area contributed by atoms with E-state index in [1.54, 1.807) is 12.1 Å². The number of carbonyl (C=O) groups is 1. The van der Waals surface area contributed by atoms with Crippen molar-refractivity contribution in [2.24, 2.45) is 0 Å². The van der Waals surface area contributed by atoms with Crippen molar-refractivity contribution in [3.63, 3.8) is 0 Å². The summed E-state index contributed by atoms with van der Waals surface area (Å²) in [4.78, 5) is 13.1. The Morgan fingerprint density at radius 2 is 1.50 bits per heavy atom. The molecule has 0 aromatic heterocycles. The van der Waals surface area contributed by atoms with Crippen molar-refractivity contribution in [2.45, 2.75) is 19.5 Å². The van der Waals surface area contributed by atoms with Crippen molar-refractivity contribution in [3.05, 3.63) is 71.3 Å². The van der Waals surface area contributed by atoms with Gasteiger partial charge in [-0.15, -0.1) is 0 Å². The van der Waals surface area contributed by atoms with Crippen LogP contribution in [0.1, 0.15) is 27.9 Å². The Balaban J connectivity index is 2.03. The topological polar surface area (TPSA) is 60.8 Å². The van der Waals surface area contributed by atoms with Crippen molar-refractivity contribution in [3.8, 4) is 0 Å². The minimum absolute atomic E-state index is 0.170. The van der Waals surface area contributed by atoms with Crippen LogP contribution < -0.4 is 0 Å². The van der Waals surface area contributed by atoms with E-state index in [-0.39, 0.29) is 6.61 Å². The summed E-state index contributed by atoms with van der Waals surface area (Å²) in [7, 11) is 0. The van der Waals surface area contributed by atoms with Crippen molar-refractivity contribution in [1.29, 1.82) is 0 Å². The van der Waals surface area contributed by atoms with E-state index in [2.05, 4.69) is 17.0 Å². The zero-order chi connectivity index (χ0) is 15.8. The summed E-state index contributed by atoms with van der Waals surface area (Å²) >= 11 is 0. The number of nitrogens with zero attached hydrogens (tertiary/aromatic N) is 1. The Labute approximate surface area is 130 Å². The molecular formula is C18H21NO3. The molecule has 2 aromatic carbocycles. The number of aromatic carboxylic acids is 1. The second-order valence-corrected chi connectivity index (χ2v) is 5.28. The second kappa shape index (κ2) is 8.32. The average Bonchev–Trinajstić information content (AvgIpc) is 2.54. The summed E-state index contributed by atoms with van der Waals surface area (Å²) in [6.07, 6.45) is 0.722. The lowest BCUT2D eigenvalue weighted by Crippen LogP contribution is -2.24. The quantitative estimate of drug-likeness (QED) is 0.787. The van der Waals surface area contributed by atoms with Crippen LogP contribution in [0.25, 0.3) is 0 Å². The molecule has 0 heterocycles. The number of benzene rings is 2. The molecule has 0 amide bonds. The maximum absolute atomic E-state index is 10.9. The minimum atomic E-state index is -0.909. The van der Waals surface area contributed by atoms with Crippen LogP contribution in [0.3, 0.4) is 0 Å². The number of hydrogen-bond donors (Lipinski definition) is 2. The number of aliphatic hydroxyl groups is 1. The van der Waals surface area contributed by atoms with Gasteiger partial charge in [-0.25, -0.2) is 4.79 Å². The molecule has 2 aromatic rings. The summed E-state index contributed by atoms with van der Waals surface area (Å²) in [5, 5.41) is 18.0. The highest BCUT2D eigenvalue weighted by molar-refractivity contribution is 5.87. The van der Waals surface area contributed by atoms with E-state index in [0.717, 1.165) is 31.6 Å². The zero-order valence-corrected chi connectivity index (χ0v) is 12.5. The van der Waals surface area contributed by atoms with E-state index >= 15 is 0 Å². The number of aliphatic hydroxyl groups excluding tert-OH is 1. The summed E-state index contributed by atoms with van der Waals surface area (Å²) in [5.41, 5.74) is 2.59. The Morgan fingerprint density at radius 1 is 0.909 bits per heavy atom. The predicted octanol–water partition coefficient (Wildman–Crippen LogP) is 2.77. The maximum Gasteiger partial charge on any atom is 0.335 e. The predicted molar refractivity (Wildman–Crippen MR) is 85.7 cm³/mol. The lowest BCUT2D eigenvalue weighted by atomic mass is 10.1. The Kier molecular flexibility index (Phi) is 6.13. The second-order valence-electron chi connectivity index (χ2n) is 5.28. The van der Waals surface area contributed by atoms with Gasteiger partial charge in [0.05, 0.1) is 5.56 Å². The van der Waals surface area contributed by atoms with Gasteiger partial charge in [0, 0.05) is 26.2 Å². The molecular weight excluding hydrogens is 278 g/mol. The molecule has 0 radical (unpaired) electrons. The highest BCUT2D eigenvalue weighted by Crippen LogP contribution is 2.12. The molecule has 0 aliphatic rings. The highest BCUT2D eigenvalue weighted by Gasteiger charge is 2.08. The van der Waals surface area contributed by atoms with Gasteiger partial charge in [-0.1, -0.05) is 42.5 Å². The fourth-order valence-electron chi connectivity index (χ4n) is 2.36. The standard InChI is InChI=1S/C18H21NO3/c20-12-4-11-19(13-15-5-2-1-3-6-15)14-16-7-9-17(10-8-16)18(21)22/h1-3,5-10,20H,4,11-14H2,(H,21,22). The van der Waals surface area contributed by atoms with Gasteiger partial charge < -0.3 is 10.2 Å². The normalized spacial score (nSPS) is 10.8. The highest BCUT2D eigenvalue weighted by atomic mass is 16.4. The third-order valence-electron chi connectivity index (χ3n) is 3.49. The largest absolute Gasteiger partial charge is 0.478 e. The first-order chi connectivity index (χ1) is 10.7. The van der Waals surface area contributed by atoms with Crippen LogP contribution in [0.15, 0.2) is 54.6 Å². The summed E-state index contributed by atoms with van der Waals surface area (Å²) in [6, 6.07) is 17.1. The molecule has 0 bridgehead atoms. The fraction of sp³-hybridized carbons (Fsp3) is 0.278. The van der Waals surface area contributed by atoms with Gasteiger partial charge in [0.1, 0.15) is 0 Å². The molecule has 2 N–H and O–H groups in total. The van der Waals surface area contributed by atoms with Crippen molar-refractivity contribution < 1.29 is 15.0 Å². The molecule has 0 spiro atoms. The van der Waals surface area contributed by atoms with Gasteiger partial charge in [0.25, 0.3) is 0 Å². The summed E-state index contributed by atoms with van der Waals surface area (Å²) in [6.45, 7) is 2.51. The SMILES string of the molecule is O=C(O)c1ccc(CN(CCCO)Cc2ccccc2)cc1.